The molecule has 0 heterocycles. The van der Waals surface area contributed by atoms with Crippen molar-refractivity contribution in [3.8, 4) is 0 Å². The first kappa shape index (κ1) is 22.1. The maximum Gasteiger partial charge on any atom is 0.129 e. The van der Waals surface area contributed by atoms with Gasteiger partial charge in [-0.05, 0) is 57.6 Å². The van der Waals surface area contributed by atoms with Crippen LogP contribution >= 0.6 is 0 Å². The van der Waals surface area contributed by atoms with E-state index in [0.29, 0.717) is 24.5 Å². The van der Waals surface area contributed by atoms with Gasteiger partial charge in [-0.2, -0.15) is 0 Å². The molecule has 0 aliphatic carbocycles. The van der Waals surface area contributed by atoms with Gasteiger partial charge >= 0.3 is 0 Å². The van der Waals surface area contributed by atoms with Crippen LogP contribution in [0.2, 0.25) is 0 Å². The molecule has 1 rings (SSSR count). The molecule has 0 saturated heterocycles. The summed E-state index contributed by atoms with van der Waals surface area (Å²) in [5.41, 5.74) is 0.385. The lowest BCUT2D eigenvalue weighted by Gasteiger charge is -2.34. The average molecular weight is 355 g/mol. The molecule has 0 aromatic heterocycles. The van der Waals surface area contributed by atoms with E-state index in [0.717, 1.165) is 18.9 Å². The predicted molar refractivity (Wildman–Crippen MR) is 102 cm³/mol. The van der Waals surface area contributed by atoms with Gasteiger partial charge in [-0.1, -0.05) is 51.5 Å². The number of ether oxygens (including phenoxy) is 1. The van der Waals surface area contributed by atoms with Crippen molar-refractivity contribution < 1.29 is 13.5 Å². The zero-order valence-electron chi connectivity index (χ0n) is 16.5. The summed E-state index contributed by atoms with van der Waals surface area (Å²) in [4.78, 5) is 0. The maximum absolute atomic E-state index is 13.9. The van der Waals surface area contributed by atoms with E-state index in [9.17, 15) is 8.78 Å². The largest absolute Gasteiger partial charge is 0.376 e. The second kappa shape index (κ2) is 11.6. The summed E-state index contributed by atoms with van der Waals surface area (Å²) in [5, 5.41) is 0. The van der Waals surface area contributed by atoms with Crippen LogP contribution in [0.15, 0.2) is 18.2 Å². The monoisotopic (exact) mass is 354 g/mol. The molecule has 0 fully saturated rings. The number of rotatable bonds is 13. The van der Waals surface area contributed by atoms with E-state index in [2.05, 4.69) is 20.8 Å². The van der Waals surface area contributed by atoms with Crippen LogP contribution in [0.25, 0.3) is 0 Å². The molecular formula is C22H36F2O. The molecule has 0 amide bonds. The molecule has 0 radical (unpaired) electrons. The van der Waals surface area contributed by atoms with E-state index in [1.165, 1.54) is 44.6 Å². The minimum atomic E-state index is -0.514. The zero-order valence-corrected chi connectivity index (χ0v) is 16.5. The topological polar surface area (TPSA) is 9.23 Å². The first-order valence-corrected chi connectivity index (χ1v) is 9.98. The van der Waals surface area contributed by atoms with Gasteiger partial charge in [-0.15, -0.1) is 0 Å². The minimum absolute atomic E-state index is 0.214. The van der Waals surface area contributed by atoms with Crippen LogP contribution in [0.3, 0.4) is 0 Å². The lowest BCUT2D eigenvalue weighted by atomic mass is 9.81. The van der Waals surface area contributed by atoms with Crippen LogP contribution in [0, 0.1) is 17.6 Å². The number of aryl methyl sites for hydroxylation is 1. The maximum atomic E-state index is 13.9. The zero-order chi connectivity index (χ0) is 18.7. The number of benzene rings is 1. The van der Waals surface area contributed by atoms with Crippen LogP contribution in [-0.4, -0.2) is 12.2 Å². The Kier molecular flexibility index (Phi) is 10.3. The van der Waals surface area contributed by atoms with Crippen molar-refractivity contribution in [2.45, 2.75) is 91.1 Å². The summed E-state index contributed by atoms with van der Waals surface area (Å²) < 4.78 is 32.9. The lowest BCUT2D eigenvalue weighted by molar-refractivity contribution is -0.0598. The van der Waals surface area contributed by atoms with Crippen LogP contribution < -0.4 is 0 Å². The van der Waals surface area contributed by atoms with E-state index < -0.39 is 11.6 Å². The molecular weight excluding hydrogens is 318 g/mol. The molecule has 1 atom stereocenters. The van der Waals surface area contributed by atoms with Crippen molar-refractivity contribution in [1.29, 1.82) is 0 Å². The Labute approximate surface area is 153 Å². The summed E-state index contributed by atoms with van der Waals surface area (Å²) in [6, 6.07) is 3.89. The summed E-state index contributed by atoms with van der Waals surface area (Å²) >= 11 is 0. The highest BCUT2D eigenvalue weighted by molar-refractivity contribution is 5.18. The van der Waals surface area contributed by atoms with Gasteiger partial charge in [-0.3, -0.25) is 0 Å². The Morgan fingerprint density at radius 3 is 2.28 bits per heavy atom. The minimum Gasteiger partial charge on any atom is -0.376 e. The number of halogens is 2. The van der Waals surface area contributed by atoms with Crippen molar-refractivity contribution in [3.05, 3.63) is 35.4 Å². The molecule has 0 saturated carbocycles. The number of hydrogen-bond donors (Lipinski definition) is 0. The third-order valence-corrected chi connectivity index (χ3v) is 5.18. The van der Waals surface area contributed by atoms with Gasteiger partial charge < -0.3 is 4.74 Å². The van der Waals surface area contributed by atoms with Crippen LogP contribution in [0.4, 0.5) is 8.78 Å². The quantitative estimate of drug-likeness (QED) is 0.344. The fourth-order valence-electron chi connectivity index (χ4n) is 3.55. The van der Waals surface area contributed by atoms with Crippen molar-refractivity contribution in [2.24, 2.45) is 5.92 Å². The van der Waals surface area contributed by atoms with Gasteiger partial charge in [-0.25, -0.2) is 8.78 Å². The molecule has 0 N–H and O–H groups in total. The predicted octanol–water partition coefficient (Wildman–Crippen LogP) is 7.08. The average Bonchev–Trinajstić information content (AvgIpc) is 2.54. The molecule has 0 aliphatic heterocycles. The Balaban J connectivity index is 2.58. The van der Waals surface area contributed by atoms with Gasteiger partial charge in [0.15, 0.2) is 0 Å². The van der Waals surface area contributed by atoms with Crippen molar-refractivity contribution >= 4 is 0 Å². The van der Waals surface area contributed by atoms with E-state index in [-0.39, 0.29) is 5.60 Å². The molecule has 1 nitrogen and oxygen atoms in total. The van der Waals surface area contributed by atoms with E-state index in [4.69, 9.17) is 4.74 Å². The SMILES string of the molecule is CCCCCCCCC(CCc1ccc(F)cc1F)C(C)(C)OCC. The molecule has 0 bridgehead atoms. The van der Waals surface area contributed by atoms with E-state index >= 15 is 0 Å². The second-order valence-corrected chi connectivity index (χ2v) is 7.56. The van der Waals surface area contributed by atoms with Crippen molar-refractivity contribution in [2.75, 3.05) is 6.61 Å². The molecule has 1 aromatic carbocycles. The van der Waals surface area contributed by atoms with E-state index in [1.807, 2.05) is 6.92 Å². The molecule has 1 unspecified atom stereocenters. The highest BCUT2D eigenvalue weighted by Crippen LogP contribution is 2.31. The summed E-state index contributed by atoms with van der Waals surface area (Å²) in [6.45, 7) is 9.21. The molecule has 144 valence electrons. The molecule has 1 aromatic rings. The Morgan fingerprint density at radius 1 is 0.960 bits per heavy atom. The fourth-order valence-corrected chi connectivity index (χ4v) is 3.55. The first-order valence-electron chi connectivity index (χ1n) is 9.98. The highest BCUT2D eigenvalue weighted by atomic mass is 19.1. The Bertz CT molecular complexity index is 485. The fraction of sp³-hybridized carbons (Fsp3) is 0.727. The van der Waals surface area contributed by atoms with Gasteiger partial charge in [0.1, 0.15) is 11.6 Å². The third kappa shape index (κ3) is 8.31. The molecule has 0 aliphatic rings. The number of unbranched alkanes of at least 4 members (excludes halogenated alkanes) is 5. The van der Waals surface area contributed by atoms with Gasteiger partial charge in [0.25, 0.3) is 0 Å². The second-order valence-electron chi connectivity index (χ2n) is 7.56. The van der Waals surface area contributed by atoms with Crippen molar-refractivity contribution in [3.63, 3.8) is 0 Å². The summed E-state index contributed by atoms with van der Waals surface area (Å²) in [5.74, 6) is -0.574. The van der Waals surface area contributed by atoms with E-state index in [1.54, 1.807) is 6.07 Å². The van der Waals surface area contributed by atoms with Gasteiger partial charge in [0.05, 0.1) is 5.60 Å². The lowest BCUT2D eigenvalue weighted by Crippen LogP contribution is -2.35. The Morgan fingerprint density at radius 2 is 1.64 bits per heavy atom. The Hall–Kier alpha value is -0.960. The molecule has 3 heteroatoms. The third-order valence-electron chi connectivity index (χ3n) is 5.18. The van der Waals surface area contributed by atoms with Gasteiger partial charge in [0.2, 0.25) is 0 Å². The van der Waals surface area contributed by atoms with Crippen LogP contribution in [0.1, 0.15) is 84.6 Å². The van der Waals surface area contributed by atoms with Crippen LogP contribution in [0.5, 0.6) is 0 Å². The van der Waals surface area contributed by atoms with Gasteiger partial charge in [0, 0.05) is 12.7 Å². The molecule has 25 heavy (non-hydrogen) atoms. The summed E-state index contributed by atoms with van der Waals surface area (Å²) in [6.07, 6.45) is 10.2. The first-order chi connectivity index (χ1) is 11.9. The smallest absolute Gasteiger partial charge is 0.129 e. The highest BCUT2D eigenvalue weighted by Gasteiger charge is 2.29. The normalized spacial score (nSPS) is 13.2. The van der Waals surface area contributed by atoms with Crippen molar-refractivity contribution in [1.82, 2.24) is 0 Å². The standard InChI is InChI=1S/C22H36F2O/c1-5-7-8-9-10-11-12-19(22(3,4)25-6-2)15-13-18-14-16-20(23)17-21(18)24/h14,16-17,19H,5-13,15H2,1-4H3. The summed E-state index contributed by atoms with van der Waals surface area (Å²) in [7, 11) is 0. The molecule has 0 spiro atoms. The van der Waals surface area contributed by atoms with Crippen LogP contribution in [-0.2, 0) is 11.2 Å². The number of hydrogen-bond acceptors (Lipinski definition) is 1.